The molecule has 3 unspecified atom stereocenters. The molecule has 0 aromatic rings. The van der Waals surface area contributed by atoms with Crippen LogP contribution < -0.4 is 5.32 Å². The molecule has 370 valence electrons. The van der Waals surface area contributed by atoms with E-state index >= 15 is 0 Å². The quantitative estimate of drug-likeness (QED) is 0.119. The number of aliphatic hydroxyl groups is 7. The molecule has 8 aliphatic rings. The molecule has 0 spiro atoms. The molecule has 9 N–H and O–H groups in total. The third-order valence-corrected chi connectivity index (χ3v) is 19.0. The summed E-state index contributed by atoms with van der Waals surface area (Å²) in [6, 6.07) is -1.14. The summed E-state index contributed by atoms with van der Waals surface area (Å²) >= 11 is 0. The molecule has 21 atom stereocenters. The highest BCUT2D eigenvalue weighted by Crippen LogP contribution is 2.76. The lowest BCUT2D eigenvalue weighted by Gasteiger charge is -2.71. The first kappa shape index (κ1) is 49.6. The Balaban J connectivity index is 0.994. The zero-order valence-corrected chi connectivity index (χ0v) is 39.4. The van der Waals surface area contributed by atoms with Gasteiger partial charge in [-0.2, -0.15) is 0 Å². The van der Waals surface area contributed by atoms with E-state index in [0.717, 1.165) is 51.4 Å². The summed E-state index contributed by atoms with van der Waals surface area (Å²) in [5.74, 6) is -0.478. The number of aliphatic hydroxyl groups excluding tert-OH is 7. The Hall–Kier alpha value is -1.84. The van der Waals surface area contributed by atoms with Gasteiger partial charge in [-0.1, -0.05) is 60.1 Å². The molecule has 0 aromatic carbocycles. The van der Waals surface area contributed by atoms with Crippen LogP contribution in [0, 0.1) is 50.2 Å². The maximum atomic E-state index is 13.1. The largest absolute Gasteiger partial charge is 0.481 e. The average Bonchev–Trinajstić information content (AvgIpc) is 3.23. The fourth-order valence-corrected chi connectivity index (χ4v) is 14.9. The van der Waals surface area contributed by atoms with E-state index < -0.39 is 109 Å². The summed E-state index contributed by atoms with van der Waals surface area (Å²) in [7, 11) is 0. The highest BCUT2D eigenvalue weighted by molar-refractivity contribution is 5.76. The summed E-state index contributed by atoms with van der Waals surface area (Å²) in [4.78, 5) is 25.7. The molecule has 0 aromatic heterocycles. The lowest BCUT2D eigenvalue weighted by atomic mass is 9.33. The number of ether oxygens (including phenoxy) is 6. The maximum absolute atomic E-state index is 13.1. The van der Waals surface area contributed by atoms with E-state index in [0.29, 0.717) is 18.8 Å². The van der Waals surface area contributed by atoms with Gasteiger partial charge in [-0.05, 0) is 109 Å². The van der Waals surface area contributed by atoms with E-state index in [1.54, 1.807) is 0 Å². The van der Waals surface area contributed by atoms with Crippen molar-refractivity contribution in [3.63, 3.8) is 0 Å². The number of carbonyl (C=O) groups excluding carboxylic acids is 1. The summed E-state index contributed by atoms with van der Waals surface area (Å²) in [6.07, 6.45) is -7.06. The number of hydrogen-bond acceptors (Lipinski definition) is 15. The van der Waals surface area contributed by atoms with Gasteiger partial charge in [0, 0.05) is 6.92 Å². The monoisotopic (exact) mass is 924 g/mol. The van der Waals surface area contributed by atoms with E-state index in [9.17, 15) is 50.4 Å². The third kappa shape index (κ3) is 8.15. The van der Waals surface area contributed by atoms with Gasteiger partial charge in [0.1, 0.15) is 61.0 Å². The number of nitrogens with one attached hydrogen (secondary N) is 1. The van der Waals surface area contributed by atoms with Gasteiger partial charge in [-0.15, -0.1) is 0 Å². The number of fused-ring (bicyclic) bond motifs is 7. The fourth-order valence-electron chi connectivity index (χ4n) is 14.9. The van der Waals surface area contributed by atoms with Crippen LogP contribution in [-0.2, 0) is 38.0 Å². The van der Waals surface area contributed by atoms with Gasteiger partial charge >= 0.3 is 5.97 Å². The van der Waals surface area contributed by atoms with Crippen LogP contribution in [0.25, 0.3) is 0 Å². The summed E-state index contributed by atoms with van der Waals surface area (Å²) in [5.41, 5.74) is 0.127. The minimum Gasteiger partial charge on any atom is -0.481 e. The van der Waals surface area contributed by atoms with Gasteiger partial charge in [0.2, 0.25) is 5.91 Å². The van der Waals surface area contributed by atoms with Crippen molar-refractivity contribution in [1.82, 2.24) is 5.32 Å². The van der Waals surface area contributed by atoms with Gasteiger partial charge in [-0.3, -0.25) is 9.59 Å². The zero-order valence-electron chi connectivity index (χ0n) is 39.4. The van der Waals surface area contributed by atoms with E-state index in [4.69, 9.17) is 28.4 Å². The lowest BCUT2D eigenvalue weighted by molar-refractivity contribution is -0.352. The van der Waals surface area contributed by atoms with Gasteiger partial charge < -0.3 is 74.6 Å². The van der Waals surface area contributed by atoms with Gasteiger partial charge in [0.25, 0.3) is 0 Å². The summed E-state index contributed by atoms with van der Waals surface area (Å²) in [6.45, 7) is 16.6. The van der Waals surface area contributed by atoms with Crippen LogP contribution in [0.4, 0.5) is 0 Å². The fraction of sp³-hybridized carbons (Fsp3) is 0.917. The number of carboxylic acid groups (broad SMARTS) is 1. The number of amides is 1. The van der Waals surface area contributed by atoms with Crippen LogP contribution >= 0.6 is 0 Å². The number of rotatable bonds is 9. The number of carboxylic acids is 1. The number of carbonyl (C=O) groups is 2. The first-order chi connectivity index (χ1) is 30.3. The molecule has 3 heterocycles. The van der Waals surface area contributed by atoms with Crippen molar-refractivity contribution in [2.24, 2.45) is 50.2 Å². The molecule has 0 bridgehead atoms. The van der Waals surface area contributed by atoms with Crippen LogP contribution in [0.15, 0.2) is 11.6 Å². The number of allylic oxidation sites excluding steroid dienone is 2. The molecule has 1 amide bonds. The van der Waals surface area contributed by atoms with Crippen molar-refractivity contribution in [1.29, 1.82) is 0 Å². The van der Waals surface area contributed by atoms with Crippen molar-refractivity contribution in [2.45, 2.75) is 206 Å². The Labute approximate surface area is 382 Å². The molecule has 0 radical (unpaired) electrons. The SMILES string of the molecule is CC(=O)N[C@H]1[C@H](O[C@H]2CC[C@@]3(C)C(CC[C@]4(C)C3CC=C3C5CC(C)(C)CC[C@]5(C(=O)O)CC[C@]34C)C2(C)C)O[C@H](CO[C@@H]2OC[C@H](O)[C@H](O)[C@H]2O[C@@H]2OC[C@@H](O)[C@H](O)[C@H]2O)[C@@H](O)[C@@H]1O. The Morgan fingerprint density at radius 2 is 1.40 bits per heavy atom. The normalized spacial score (nSPS) is 51.6. The van der Waals surface area contributed by atoms with Crippen molar-refractivity contribution in [3.8, 4) is 0 Å². The van der Waals surface area contributed by atoms with Gasteiger partial charge in [0.15, 0.2) is 18.9 Å². The van der Waals surface area contributed by atoms with E-state index in [1.165, 1.54) is 12.5 Å². The highest BCUT2D eigenvalue weighted by Gasteiger charge is 2.70. The molecule has 3 saturated heterocycles. The molecule has 17 heteroatoms. The average molecular weight is 924 g/mol. The van der Waals surface area contributed by atoms with Crippen LogP contribution in [0.1, 0.15) is 120 Å². The van der Waals surface area contributed by atoms with Gasteiger partial charge in [0.05, 0.1) is 31.3 Å². The topological polar surface area (TPSA) is 263 Å². The Kier molecular flexibility index (Phi) is 13.4. The smallest absolute Gasteiger partial charge is 0.310 e. The highest BCUT2D eigenvalue weighted by atomic mass is 16.8. The molecule has 65 heavy (non-hydrogen) atoms. The van der Waals surface area contributed by atoms with Crippen molar-refractivity contribution in [3.05, 3.63) is 11.6 Å². The molecular formula is C48H77NO16. The predicted octanol–water partition coefficient (Wildman–Crippen LogP) is 2.13. The second kappa shape index (κ2) is 17.5. The lowest BCUT2D eigenvalue weighted by Crippen LogP contribution is -2.67. The van der Waals surface area contributed by atoms with Crippen LogP contribution in [-0.4, -0.2) is 159 Å². The standard InChI is InChI=1S/C48H77NO16/c1-23(50)49-32-36(56)35(55)28(22-62-41-38(34(54)27(52)21-61-41)65-40-37(57)33(53)26(51)20-60-40)63-39(32)64-31-12-13-45(6)29(44(31,4)5)11-14-47(8)30(45)10-9-24-25-19-43(2,3)15-17-48(25,42(58)59)18-16-46(24,47)7/h9,25-41,51-57H,10-22H2,1-8H3,(H,49,50)(H,58,59)/t25?,26-,27+,28-,29?,30?,31+,32-,33+,34+,35-,36-,37-,38-,39+,40+,41+,45+,46-,47-,48+/m1/s1. The molecule has 3 aliphatic heterocycles. The Morgan fingerprint density at radius 1 is 0.738 bits per heavy atom. The molecular weight excluding hydrogens is 847 g/mol. The minimum atomic E-state index is -1.70. The third-order valence-electron chi connectivity index (χ3n) is 19.0. The van der Waals surface area contributed by atoms with E-state index in [1.807, 2.05) is 0 Å². The number of hydrogen-bond donors (Lipinski definition) is 9. The van der Waals surface area contributed by atoms with Crippen LogP contribution in [0.5, 0.6) is 0 Å². The zero-order chi connectivity index (χ0) is 47.4. The molecule has 5 aliphatic carbocycles. The summed E-state index contributed by atoms with van der Waals surface area (Å²) in [5, 5.41) is 88.4. The Bertz CT molecular complexity index is 1810. The van der Waals surface area contributed by atoms with Crippen LogP contribution in [0.2, 0.25) is 0 Å². The predicted molar refractivity (Wildman–Crippen MR) is 230 cm³/mol. The minimum absolute atomic E-state index is 0.0296. The molecule has 4 saturated carbocycles. The second-order valence-corrected chi connectivity index (χ2v) is 23.4. The summed E-state index contributed by atoms with van der Waals surface area (Å²) < 4.78 is 36.1. The second-order valence-electron chi connectivity index (χ2n) is 23.4. The van der Waals surface area contributed by atoms with Crippen molar-refractivity contribution >= 4 is 11.9 Å². The van der Waals surface area contributed by atoms with Gasteiger partial charge in [-0.25, -0.2) is 0 Å². The first-order valence-electron chi connectivity index (χ1n) is 24.1. The molecule has 7 fully saturated rings. The molecule has 17 nitrogen and oxygen atoms in total. The maximum Gasteiger partial charge on any atom is 0.310 e. The van der Waals surface area contributed by atoms with Crippen molar-refractivity contribution in [2.75, 3.05) is 19.8 Å². The van der Waals surface area contributed by atoms with E-state index in [-0.39, 0.29) is 52.8 Å². The van der Waals surface area contributed by atoms with Crippen LogP contribution in [0.3, 0.4) is 0 Å². The first-order valence-corrected chi connectivity index (χ1v) is 24.1. The van der Waals surface area contributed by atoms with Crippen molar-refractivity contribution < 1.29 is 78.9 Å². The number of aliphatic carboxylic acids is 1. The molecule has 8 rings (SSSR count). The van der Waals surface area contributed by atoms with E-state index in [2.05, 4.69) is 59.9 Å². The Morgan fingerprint density at radius 3 is 2.08 bits per heavy atom.